The van der Waals surface area contributed by atoms with E-state index in [1.165, 1.54) is 0 Å². The highest BCUT2D eigenvalue weighted by molar-refractivity contribution is 6.32. The highest BCUT2D eigenvalue weighted by atomic mass is 35.5. The minimum atomic E-state index is -0.195. The van der Waals surface area contributed by atoms with Crippen molar-refractivity contribution in [2.24, 2.45) is 0 Å². The fourth-order valence-electron chi connectivity index (χ4n) is 1.66. The Hall–Kier alpha value is -2.01. The Morgan fingerprint density at radius 3 is 3.00 bits per heavy atom. The molecule has 0 unspecified atom stereocenters. The van der Waals surface area contributed by atoms with Gasteiger partial charge in [0.2, 0.25) is 0 Å². The number of aromatic nitrogens is 2. The van der Waals surface area contributed by atoms with Crippen LogP contribution >= 0.6 is 11.6 Å². The lowest BCUT2D eigenvalue weighted by atomic mass is 10.2. The molecule has 1 amide bonds. The largest absolute Gasteiger partial charge is 0.470 e. The Morgan fingerprint density at radius 2 is 2.25 bits per heavy atom. The Kier molecular flexibility index (Phi) is 4.63. The Labute approximate surface area is 122 Å². The van der Waals surface area contributed by atoms with E-state index in [1.54, 1.807) is 23.0 Å². The zero-order valence-corrected chi connectivity index (χ0v) is 12.1. The lowest BCUT2D eigenvalue weighted by Gasteiger charge is -2.08. The third kappa shape index (κ3) is 3.51. The molecule has 0 fully saturated rings. The monoisotopic (exact) mass is 293 g/mol. The van der Waals surface area contributed by atoms with E-state index in [2.05, 4.69) is 10.4 Å². The molecule has 106 valence electrons. The smallest absolute Gasteiger partial charge is 0.271 e. The van der Waals surface area contributed by atoms with Crippen molar-refractivity contribution in [2.45, 2.75) is 20.6 Å². The van der Waals surface area contributed by atoms with Gasteiger partial charge in [-0.3, -0.25) is 4.79 Å². The van der Waals surface area contributed by atoms with E-state index in [1.807, 2.05) is 26.0 Å². The van der Waals surface area contributed by atoms with E-state index >= 15 is 0 Å². The fraction of sp³-hybridized carbons (Fsp3) is 0.286. The zero-order chi connectivity index (χ0) is 14.5. The molecule has 0 aliphatic carbocycles. The van der Waals surface area contributed by atoms with Gasteiger partial charge in [-0.1, -0.05) is 17.7 Å². The van der Waals surface area contributed by atoms with Crippen LogP contribution in [0.2, 0.25) is 5.02 Å². The van der Waals surface area contributed by atoms with Gasteiger partial charge in [-0.15, -0.1) is 0 Å². The van der Waals surface area contributed by atoms with E-state index in [-0.39, 0.29) is 12.6 Å². The van der Waals surface area contributed by atoms with E-state index < -0.39 is 0 Å². The van der Waals surface area contributed by atoms with Crippen LogP contribution < -0.4 is 10.1 Å². The predicted molar refractivity (Wildman–Crippen MR) is 77.1 cm³/mol. The minimum absolute atomic E-state index is 0.195. The van der Waals surface area contributed by atoms with Crippen LogP contribution in [0.25, 0.3) is 0 Å². The van der Waals surface area contributed by atoms with E-state index in [9.17, 15) is 4.79 Å². The highest BCUT2D eigenvalue weighted by Crippen LogP contribution is 2.25. The first-order valence-electron chi connectivity index (χ1n) is 6.30. The Balaban J connectivity index is 2.01. The van der Waals surface area contributed by atoms with Crippen molar-refractivity contribution in [1.82, 2.24) is 15.1 Å². The molecule has 0 aliphatic rings. The second-order valence-corrected chi connectivity index (χ2v) is 4.71. The van der Waals surface area contributed by atoms with Gasteiger partial charge in [0.25, 0.3) is 5.91 Å². The standard InChI is InChI=1S/C14H16ClN3O2/c1-3-16-14(19)12-6-7-18(17-12)9-20-13-8-10(2)4-5-11(13)15/h4-8H,3,9H2,1-2H3,(H,16,19). The molecule has 5 nitrogen and oxygen atoms in total. The number of benzene rings is 1. The van der Waals surface area contributed by atoms with Crippen molar-refractivity contribution in [3.05, 3.63) is 46.7 Å². The Morgan fingerprint density at radius 1 is 1.45 bits per heavy atom. The number of amides is 1. The van der Waals surface area contributed by atoms with E-state index in [0.29, 0.717) is 23.0 Å². The first-order chi connectivity index (χ1) is 9.60. The molecule has 0 radical (unpaired) electrons. The van der Waals surface area contributed by atoms with Crippen LogP contribution in [0.15, 0.2) is 30.5 Å². The molecule has 1 aromatic carbocycles. The molecule has 0 aliphatic heterocycles. The molecule has 2 aromatic rings. The molecule has 1 aromatic heterocycles. The number of ether oxygens (including phenoxy) is 1. The van der Waals surface area contributed by atoms with Crippen LogP contribution in [0.4, 0.5) is 0 Å². The highest BCUT2D eigenvalue weighted by Gasteiger charge is 2.08. The molecule has 0 saturated carbocycles. The summed E-state index contributed by atoms with van der Waals surface area (Å²) in [6, 6.07) is 7.20. The molecule has 20 heavy (non-hydrogen) atoms. The van der Waals surface area contributed by atoms with E-state index in [4.69, 9.17) is 16.3 Å². The molecule has 2 rings (SSSR count). The van der Waals surface area contributed by atoms with Crippen LogP contribution in [0, 0.1) is 6.92 Å². The molecule has 0 saturated heterocycles. The van der Waals surface area contributed by atoms with Crippen LogP contribution in [-0.2, 0) is 6.73 Å². The summed E-state index contributed by atoms with van der Waals surface area (Å²) < 4.78 is 7.14. The van der Waals surface area contributed by atoms with Gasteiger partial charge in [0.15, 0.2) is 6.73 Å². The summed E-state index contributed by atoms with van der Waals surface area (Å²) in [7, 11) is 0. The number of nitrogens with zero attached hydrogens (tertiary/aromatic N) is 2. The van der Waals surface area contributed by atoms with Gasteiger partial charge >= 0.3 is 0 Å². The number of nitrogens with one attached hydrogen (secondary N) is 1. The fourth-order valence-corrected chi connectivity index (χ4v) is 1.83. The molecule has 0 bridgehead atoms. The summed E-state index contributed by atoms with van der Waals surface area (Å²) in [5.41, 5.74) is 1.43. The summed E-state index contributed by atoms with van der Waals surface area (Å²) in [5.74, 6) is 0.404. The lowest BCUT2D eigenvalue weighted by molar-refractivity contribution is 0.0949. The SMILES string of the molecule is CCNC(=O)c1ccn(COc2cc(C)ccc2Cl)n1. The molecular weight excluding hydrogens is 278 g/mol. The first kappa shape index (κ1) is 14.4. The van der Waals surface area contributed by atoms with Crippen molar-refractivity contribution in [3.8, 4) is 5.75 Å². The summed E-state index contributed by atoms with van der Waals surface area (Å²) in [5, 5.41) is 7.37. The summed E-state index contributed by atoms with van der Waals surface area (Å²) >= 11 is 6.04. The number of aryl methyl sites for hydroxylation is 1. The maximum Gasteiger partial charge on any atom is 0.271 e. The van der Waals surface area contributed by atoms with Gasteiger partial charge in [0, 0.05) is 12.7 Å². The van der Waals surface area contributed by atoms with Crippen LogP contribution in [-0.4, -0.2) is 22.2 Å². The van der Waals surface area contributed by atoms with Gasteiger partial charge < -0.3 is 10.1 Å². The third-order valence-corrected chi connectivity index (χ3v) is 2.96. The second kappa shape index (κ2) is 6.43. The van der Waals surface area contributed by atoms with Crippen molar-refractivity contribution < 1.29 is 9.53 Å². The molecule has 0 spiro atoms. The minimum Gasteiger partial charge on any atom is -0.470 e. The molecular formula is C14H16ClN3O2. The van der Waals surface area contributed by atoms with Gasteiger partial charge in [-0.25, -0.2) is 4.68 Å². The normalized spacial score (nSPS) is 10.3. The number of rotatable bonds is 5. The van der Waals surface area contributed by atoms with Gasteiger partial charge in [-0.2, -0.15) is 5.10 Å². The first-order valence-corrected chi connectivity index (χ1v) is 6.68. The van der Waals surface area contributed by atoms with Crippen molar-refractivity contribution in [2.75, 3.05) is 6.54 Å². The van der Waals surface area contributed by atoms with Gasteiger partial charge in [0.1, 0.15) is 11.4 Å². The number of carbonyl (C=O) groups excluding carboxylic acids is 1. The number of hydrogen-bond donors (Lipinski definition) is 1. The van der Waals surface area contributed by atoms with Crippen LogP contribution in [0.1, 0.15) is 23.0 Å². The maximum absolute atomic E-state index is 11.6. The summed E-state index contributed by atoms with van der Waals surface area (Å²) in [6.07, 6.45) is 1.69. The molecule has 6 heteroatoms. The average Bonchev–Trinajstić information content (AvgIpc) is 2.89. The van der Waals surface area contributed by atoms with Crippen molar-refractivity contribution >= 4 is 17.5 Å². The predicted octanol–water partition coefficient (Wildman–Crippen LogP) is 2.63. The average molecular weight is 294 g/mol. The quantitative estimate of drug-likeness (QED) is 0.922. The molecule has 0 atom stereocenters. The zero-order valence-electron chi connectivity index (χ0n) is 11.4. The Bertz CT molecular complexity index is 610. The summed E-state index contributed by atoms with van der Waals surface area (Å²) in [6.45, 7) is 4.59. The van der Waals surface area contributed by atoms with E-state index in [0.717, 1.165) is 5.56 Å². The third-order valence-electron chi connectivity index (χ3n) is 2.65. The molecule has 1 heterocycles. The summed E-state index contributed by atoms with van der Waals surface area (Å²) in [4.78, 5) is 11.6. The van der Waals surface area contributed by atoms with Crippen LogP contribution in [0.3, 0.4) is 0 Å². The molecule has 1 N–H and O–H groups in total. The van der Waals surface area contributed by atoms with Gasteiger partial charge in [-0.05, 0) is 37.6 Å². The van der Waals surface area contributed by atoms with Gasteiger partial charge in [0.05, 0.1) is 5.02 Å². The number of carbonyl (C=O) groups is 1. The van der Waals surface area contributed by atoms with Crippen molar-refractivity contribution in [3.63, 3.8) is 0 Å². The van der Waals surface area contributed by atoms with Crippen LogP contribution in [0.5, 0.6) is 5.75 Å². The lowest BCUT2D eigenvalue weighted by Crippen LogP contribution is -2.23. The van der Waals surface area contributed by atoms with Crippen molar-refractivity contribution in [1.29, 1.82) is 0 Å². The number of halogens is 1. The maximum atomic E-state index is 11.6. The number of hydrogen-bond acceptors (Lipinski definition) is 3. The topological polar surface area (TPSA) is 56.2 Å². The second-order valence-electron chi connectivity index (χ2n) is 4.31.